The molecule has 0 fully saturated rings. The molecule has 0 bridgehead atoms. The molecule has 140 valence electrons. The van der Waals surface area contributed by atoms with Crippen LogP contribution in [0.4, 0.5) is 0 Å². The molecule has 0 aliphatic rings. The van der Waals surface area contributed by atoms with Gasteiger partial charge in [-0.3, -0.25) is 4.99 Å². The van der Waals surface area contributed by atoms with Gasteiger partial charge in [0, 0.05) is 27.2 Å². The zero-order valence-electron chi connectivity index (χ0n) is 15.6. The highest BCUT2D eigenvalue weighted by molar-refractivity contribution is 7.91. The fourth-order valence-corrected chi connectivity index (χ4v) is 3.84. The minimum Gasteiger partial charge on any atom is -0.355 e. The van der Waals surface area contributed by atoms with Crippen LogP contribution < -0.4 is 5.32 Å². The van der Waals surface area contributed by atoms with Gasteiger partial charge < -0.3 is 10.2 Å². The first-order chi connectivity index (χ1) is 12.5. The molecule has 6 heteroatoms. The maximum atomic E-state index is 12.3. The van der Waals surface area contributed by atoms with E-state index in [0.717, 1.165) is 6.42 Å². The van der Waals surface area contributed by atoms with Crippen molar-refractivity contribution in [3.63, 3.8) is 0 Å². The number of guanidine groups is 1. The van der Waals surface area contributed by atoms with Gasteiger partial charge in [-0.1, -0.05) is 49.4 Å². The summed E-state index contributed by atoms with van der Waals surface area (Å²) in [4.78, 5) is 6.58. The molecule has 2 rings (SSSR count). The summed E-state index contributed by atoms with van der Waals surface area (Å²) in [6, 6.07) is 17.0. The quantitative estimate of drug-likeness (QED) is 0.599. The summed E-state index contributed by atoms with van der Waals surface area (Å²) in [7, 11) is 0.346. The van der Waals surface area contributed by atoms with Crippen molar-refractivity contribution in [2.24, 2.45) is 4.99 Å². The molecule has 0 saturated heterocycles. The molecule has 0 spiro atoms. The Labute approximate surface area is 156 Å². The first kappa shape index (κ1) is 20.0. The first-order valence-electron chi connectivity index (χ1n) is 8.73. The molecular formula is C20H27N3O2S. The van der Waals surface area contributed by atoms with Crippen molar-refractivity contribution in [2.75, 3.05) is 26.4 Å². The summed E-state index contributed by atoms with van der Waals surface area (Å²) in [6.45, 7) is 3.15. The van der Waals surface area contributed by atoms with Crippen LogP contribution in [0.3, 0.4) is 0 Å². The monoisotopic (exact) mass is 373 g/mol. The molecule has 2 aromatic rings. The summed E-state index contributed by atoms with van der Waals surface area (Å²) in [5, 5.41) is 3.13. The van der Waals surface area contributed by atoms with E-state index in [1.807, 2.05) is 11.9 Å². The maximum absolute atomic E-state index is 12.3. The number of nitrogens with zero attached hydrogens (tertiary/aromatic N) is 2. The van der Waals surface area contributed by atoms with Gasteiger partial charge in [0.05, 0.1) is 10.6 Å². The van der Waals surface area contributed by atoms with Crippen LogP contribution in [0.1, 0.15) is 18.1 Å². The Morgan fingerprint density at radius 2 is 1.65 bits per heavy atom. The third-order valence-electron chi connectivity index (χ3n) is 4.18. The van der Waals surface area contributed by atoms with E-state index < -0.39 is 9.84 Å². The largest absolute Gasteiger partial charge is 0.355 e. The number of hydrogen-bond donors (Lipinski definition) is 1. The first-order valence-corrected chi connectivity index (χ1v) is 10.4. The number of aliphatic imine (C=N–C) groups is 1. The van der Waals surface area contributed by atoms with Gasteiger partial charge >= 0.3 is 0 Å². The molecule has 0 heterocycles. The highest BCUT2D eigenvalue weighted by Gasteiger charge is 2.14. The zero-order valence-corrected chi connectivity index (χ0v) is 16.5. The second kappa shape index (κ2) is 9.38. The molecule has 0 saturated carbocycles. The van der Waals surface area contributed by atoms with Crippen molar-refractivity contribution in [2.45, 2.75) is 24.8 Å². The Morgan fingerprint density at radius 3 is 2.23 bits per heavy atom. The van der Waals surface area contributed by atoms with E-state index in [-0.39, 0.29) is 5.75 Å². The average molecular weight is 374 g/mol. The van der Waals surface area contributed by atoms with Gasteiger partial charge in [0.25, 0.3) is 0 Å². The molecule has 26 heavy (non-hydrogen) atoms. The number of rotatable bonds is 7. The highest BCUT2D eigenvalue weighted by atomic mass is 32.2. The van der Waals surface area contributed by atoms with Crippen LogP contribution in [0.25, 0.3) is 0 Å². The van der Waals surface area contributed by atoms with Crippen molar-refractivity contribution >= 4 is 15.8 Å². The molecule has 0 radical (unpaired) electrons. The molecule has 1 N–H and O–H groups in total. The van der Waals surface area contributed by atoms with Gasteiger partial charge in [0.1, 0.15) is 0 Å². The van der Waals surface area contributed by atoms with Crippen molar-refractivity contribution < 1.29 is 8.42 Å². The van der Waals surface area contributed by atoms with Crippen molar-refractivity contribution in [3.05, 3.63) is 65.7 Å². The summed E-state index contributed by atoms with van der Waals surface area (Å²) >= 11 is 0. The van der Waals surface area contributed by atoms with Gasteiger partial charge in [-0.15, -0.1) is 0 Å². The molecule has 0 aliphatic carbocycles. The van der Waals surface area contributed by atoms with E-state index in [1.54, 1.807) is 37.4 Å². The fourth-order valence-electron chi connectivity index (χ4n) is 2.66. The standard InChI is InChI=1S/C20H27N3O2S/c1-4-17-10-12-18(13-11-17)16-23(3)20(21-2)22-14-15-26(24,25)19-8-6-5-7-9-19/h5-13H,4,14-16H2,1-3H3,(H,21,22). The van der Waals surface area contributed by atoms with Crippen LogP contribution in [0.5, 0.6) is 0 Å². The SMILES string of the molecule is CCc1ccc(CN(C)C(=NC)NCCS(=O)(=O)c2ccccc2)cc1. The molecule has 0 atom stereocenters. The minimum atomic E-state index is -3.29. The van der Waals surface area contributed by atoms with Crippen LogP contribution in [0, 0.1) is 0 Å². The van der Waals surface area contributed by atoms with Crippen LogP contribution in [-0.4, -0.2) is 45.7 Å². The number of benzene rings is 2. The van der Waals surface area contributed by atoms with E-state index in [1.165, 1.54) is 11.1 Å². The van der Waals surface area contributed by atoms with Crippen LogP contribution in [0.15, 0.2) is 64.5 Å². The summed E-state index contributed by atoms with van der Waals surface area (Å²) in [5.74, 6) is 0.697. The van der Waals surface area contributed by atoms with Gasteiger partial charge in [-0.2, -0.15) is 0 Å². The summed E-state index contributed by atoms with van der Waals surface area (Å²) in [5.41, 5.74) is 2.49. The van der Waals surface area contributed by atoms with Gasteiger partial charge in [0.2, 0.25) is 0 Å². The third kappa shape index (κ3) is 5.59. The van der Waals surface area contributed by atoms with Crippen molar-refractivity contribution in [1.82, 2.24) is 10.2 Å². The number of hydrogen-bond acceptors (Lipinski definition) is 3. The Hall–Kier alpha value is -2.34. The Morgan fingerprint density at radius 1 is 1.04 bits per heavy atom. The number of sulfone groups is 1. The van der Waals surface area contributed by atoms with Crippen LogP contribution in [0.2, 0.25) is 0 Å². The molecular weight excluding hydrogens is 346 g/mol. The van der Waals surface area contributed by atoms with Crippen LogP contribution >= 0.6 is 0 Å². The normalized spacial score (nSPS) is 12.0. The third-order valence-corrected chi connectivity index (χ3v) is 5.91. The second-order valence-corrected chi connectivity index (χ2v) is 8.24. The van der Waals surface area contributed by atoms with E-state index in [4.69, 9.17) is 0 Å². The second-order valence-electron chi connectivity index (χ2n) is 6.13. The molecule has 0 amide bonds. The lowest BCUT2D eigenvalue weighted by Gasteiger charge is -2.22. The predicted octanol–water partition coefficient (Wildman–Crippen LogP) is 2.73. The molecule has 0 unspecified atom stereocenters. The number of aryl methyl sites for hydroxylation is 1. The number of nitrogens with one attached hydrogen (secondary N) is 1. The lowest BCUT2D eigenvalue weighted by Crippen LogP contribution is -2.40. The lowest BCUT2D eigenvalue weighted by atomic mass is 10.1. The van der Waals surface area contributed by atoms with Crippen molar-refractivity contribution in [3.8, 4) is 0 Å². The topological polar surface area (TPSA) is 61.8 Å². The lowest BCUT2D eigenvalue weighted by molar-refractivity contribution is 0.478. The summed E-state index contributed by atoms with van der Waals surface area (Å²) in [6.07, 6.45) is 1.02. The smallest absolute Gasteiger partial charge is 0.193 e. The maximum Gasteiger partial charge on any atom is 0.193 e. The Kier molecular flexibility index (Phi) is 7.21. The highest BCUT2D eigenvalue weighted by Crippen LogP contribution is 2.10. The van der Waals surface area contributed by atoms with E-state index in [9.17, 15) is 8.42 Å². The van der Waals surface area contributed by atoms with Gasteiger partial charge in [0.15, 0.2) is 15.8 Å². The molecule has 5 nitrogen and oxygen atoms in total. The molecule has 0 aliphatic heterocycles. The Bertz CT molecular complexity index is 816. The van der Waals surface area contributed by atoms with Crippen molar-refractivity contribution in [1.29, 1.82) is 0 Å². The van der Waals surface area contributed by atoms with E-state index in [2.05, 4.69) is 41.5 Å². The minimum absolute atomic E-state index is 0.0229. The van der Waals surface area contributed by atoms with Crippen LogP contribution in [-0.2, 0) is 22.8 Å². The Balaban J connectivity index is 1.90. The zero-order chi connectivity index (χ0) is 19.0. The molecule has 0 aromatic heterocycles. The van der Waals surface area contributed by atoms with E-state index >= 15 is 0 Å². The van der Waals surface area contributed by atoms with E-state index in [0.29, 0.717) is 23.9 Å². The average Bonchev–Trinajstić information content (AvgIpc) is 2.66. The van der Waals surface area contributed by atoms with Gasteiger partial charge in [-0.25, -0.2) is 8.42 Å². The molecule has 2 aromatic carbocycles. The fraction of sp³-hybridized carbons (Fsp3) is 0.350. The summed E-state index contributed by atoms with van der Waals surface area (Å²) < 4.78 is 24.7. The van der Waals surface area contributed by atoms with Gasteiger partial charge in [-0.05, 0) is 29.7 Å². The predicted molar refractivity (Wildman–Crippen MR) is 107 cm³/mol.